The summed E-state index contributed by atoms with van der Waals surface area (Å²) in [7, 11) is 0. The second-order valence-electron chi connectivity index (χ2n) is 7.12. The molecule has 0 radical (unpaired) electrons. The van der Waals surface area contributed by atoms with Crippen molar-refractivity contribution in [2.45, 2.75) is 32.5 Å². The topological polar surface area (TPSA) is 87.2 Å². The highest BCUT2D eigenvalue weighted by Gasteiger charge is 2.30. The van der Waals surface area contributed by atoms with Gasteiger partial charge in [0.2, 0.25) is 11.8 Å². The molecule has 2 heterocycles. The molecule has 1 aromatic carbocycles. The van der Waals surface area contributed by atoms with Crippen LogP contribution in [0.3, 0.4) is 0 Å². The zero-order valence-corrected chi connectivity index (χ0v) is 16.4. The van der Waals surface area contributed by atoms with Crippen LogP contribution >= 0.6 is 0 Å². The number of hydrogen-bond acceptors (Lipinski definition) is 5. The van der Waals surface area contributed by atoms with Crippen LogP contribution in [0.15, 0.2) is 36.8 Å². The molecule has 1 fully saturated rings. The van der Waals surface area contributed by atoms with E-state index in [2.05, 4.69) is 20.6 Å². The van der Waals surface area contributed by atoms with Gasteiger partial charge in [-0.25, -0.2) is 9.97 Å². The molecule has 160 valence electrons. The number of alkyl halides is 3. The molecular formula is C20H22F3N5O2. The van der Waals surface area contributed by atoms with Gasteiger partial charge in [-0.1, -0.05) is 12.1 Å². The molecule has 1 aliphatic heterocycles. The smallest absolute Gasteiger partial charge is 0.367 e. The van der Waals surface area contributed by atoms with E-state index in [9.17, 15) is 22.8 Å². The lowest BCUT2D eigenvalue weighted by atomic mass is 9.95. The first kappa shape index (κ1) is 21.5. The number of nitrogens with one attached hydrogen (secondary N) is 2. The maximum Gasteiger partial charge on any atom is 0.416 e. The normalized spacial score (nSPS) is 15.0. The Bertz CT molecular complexity index is 911. The van der Waals surface area contributed by atoms with Crippen molar-refractivity contribution in [1.82, 2.24) is 15.3 Å². The Hall–Kier alpha value is -3.17. The number of carbonyl (C=O) groups is 2. The molecule has 10 heteroatoms. The van der Waals surface area contributed by atoms with Crippen molar-refractivity contribution >= 4 is 23.3 Å². The molecule has 0 unspecified atom stereocenters. The molecule has 0 atom stereocenters. The Balaban J connectivity index is 1.55. The first-order valence-electron chi connectivity index (χ1n) is 9.50. The van der Waals surface area contributed by atoms with Crippen molar-refractivity contribution < 1.29 is 22.8 Å². The molecule has 7 nitrogen and oxygen atoms in total. The van der Waals surface area contributed by atoms with Crippen LogP contribution < -0.4 is 15.5 Å². The van der Waals surface area contributed by atoms with E-state index in [1.807, 2.05) is 4.90 Å². The highest BCUT2D eigenvalue weighted by atomic mass is 19.4. The summed E-state index contributed by atoms with van der Waals surface area (Å²) in [5, 5.41) is 5.40. The molecule has 1 aromatic heterocycles. The fourth-order valence-corrected chi connectivity index (χ4v) is 3.39. The standard InChI is InChI=1S/C20H22F3N5O2/c1-13(29)27-18-17(11-24-12-26-18)28-7-5-15(6-8-28)19(30)25-10-14-3-2-4-16(9-14)20(21,22)23/h2-4,9,11-12,15H,5-8,10H2,1H3,(H,25,30)(H,24,26,27,29). The molecule has 0 aliphatic carbocycles. The fourth-order valence-electron chi connectivity index (χ4n) is 3.39. The minimum atomic E-state index is -4.41. The minimum absolute atomic E-state index is 0.0438. The first-order valence-corrected chi connectivity index (χ1v) is 9.50. The van der Waals surface area contributed by atoms with Crippen molar-refractivity contribution in [2.75, 3.05) is 23.3 Å². The van der Waals surface area contributed by atoms with Crippen LogP contribution in [0.4, 0.5) is 24.7 Å². The Morgan fingerprint density at radius 3 is 2.63 bits per heavy atom. The van der Waals surface area contributed by atoms with Gasteiger partial charge in [-0.2, -0.15) is 13.2 Å². The van der Waals surface area contributed by atoms with Crippen LogP contribution in [0.5, 0.6) is 0 Å². The summed E-state index contributed by atoms with van der Waals surface area (Å²) >= 11 is 0. The van der Waals surface area contributed by atoms with Crippen molar-refractivity contribution in [3.63, 3.8) is 0 Å². The van der Waals surface area contributed by atoms with Gasteiger partial charge in [-0.15, -0.1) is 0 Å². The molecule has 1 aliphatic rings. The summed E-state index contributed by atoms with van der Waals surface area (Å²) < 4.78 is 38.4. The molecule has 30 heavy (non-hydrogen) atoms. The average molecular weight is 421 g/mol. The van der Waals surface area contributed by atoms with Crippen molar-refractivity contribution in [3.05, 3.63) is 47.9 Å². The predicted molar refractivity (Wildman–Crippen MR) is 105 cm³/mol. The van der Waals surface area contributed by atoms with Crippen LogP contribution in [0, 0.1) is 5.92 Å². The van der Waals surface area contributed by atoms with E-state index in [0.29, 0.717) is 43.0 Å². The summed E-state index contributed by atoms with van der Waals surface area (Å²) in [6.45, 7) is 2.58. The summed E-state index contributed by atoms with van der Waals surface area (Å²) in [6.07, 6.45) is -0.301. The molecule has 2 aromatic rings. The molecule has 3 rings (SSSR count). The number of carbonyl (C=O) groups excluding carboxylic acids is 2. The Labute approximate surface area is 171 Å². The SMILES string of the molecule is CC(=O)Nc1ncncc1N1CCC(C(=O)NCc2cccc(C(F)(F)F)c2)CC1. The van der Waals surface area contributed by atoms with E-state index < -0.39 is 11.7 Å². The number of halogens is 3. The van der Waals surface area contributed by atoms with Gasteiger partial charge in [0, 0.05) is 32.5 Å². The number of amides is 2. The second-order valence-corrected chi connectivity index (χ2v) is 7.12. The van der Waals surface area contributed by atoms with E-state index in [4.69, 9.17) is 0 Å². The maximum absolute atomic E-state index is 12.8. The van der Waals surface area contributed by atoms with E-state index in [1.165, 1.54) is 19.3 Å². The fraction of sp³-hybridized carbons (Fsp3) is 0.400. The molecule has 2 N–H and O–H groups in total. The summed E-state index contributed by atoms with van der Waals surface area (Å²) in [5.41, 5.74) is 0.357. The maximum atomic E-state index is 12.8. The van der Waals surface area contributed by atoms with Gasteiger partial charge in [0.1, 0.15) is 6.33 Å². The van der Waals surface area contributed by atoms with Gasteiger partial charge >= 0.3 is 6.18 Å². The molecule has 0 spiro atoms. The third kappa shape index (κ3) is 5.46. The summed E-state index contributed by atoms with van der Waals surface area (Å²) in [4.78, 5) is 33.9. The van der Waals surface area contributed by atoms with Crippen LogP contribution in [0.1, 0.15) is 30.9 Å². The lowest BCUT2D eigenvalue weighted by molar-refractivity contribution is -0.137. The van der Waals surface area contributed by atoms with E-state index in [-0.39, 0.29) is 24.3 Å². The van der Waals surface area contributed by atoms with Gasteiger partial charge < -0.3 is 15.5 Å². The van der Waals surface area contributed by atoms with Gasteiger partial charge in [0.25, 0.3) is 0 Å². The van der Waals surface area contributed by atoms with Crippen LogP contribution in [0.25, 0.3) is 0 Å². The first-order chi connectivity index (χ1) is 14.2. The zero-order valence-electron chi connectivity index (χ0n) is 16.4. The van der Waals surface area contributed by atoms with Crippen LogP contribution in [-0.2, 0) is 22.3 Å². The lowest BCUT2D eigenvalue weighted by Gasteiger charge is -2.33. The number of benzene rings is 1. The van der Waals surface area contributed by atoms with Gasteiger partial charge in [-0.3, -0.25) is 9.59 Å². The monoisotopic (exact) mass is 421 g/mol. The Morgan fingerprint density at radius 2 is 1.97 bits per heavy atom. The Kier molecular flexibility index (Phi) is 6.53. The quantitative estimate of drug-likeness (QED) is 0.775. The van der Waals surface area contributed by atoms with Crippen LogP contribution in [0.2, 0.25) is 0 Å². The van der Waals surface area contributed by atoms with E-state index in [0.717, 1.165) is 12.1 Å². The number of nitrogens with zero attached hydrogens (tertiary/aromatic N) is 3. The highest BCUT2D eigenvalue weighted by Crippen LogP contribution is 2.30. The molecule has 0 bridgehead atoms. The molecule has 2 amide bonds. The van der Waals surface area contributed by atoms with Crippen LogP contribution in [-0.4, -0.2) is 34.9 Å². The van der Waals surface area contributed by atoms with Gasteiger partial charge in [0.15, 0.2) is 5.82 Å². The number of hydrogen-bond donors (Lipinski definition) is 2. The predicted octanol–water partition coefficient (Wildman–Crippen LogP) is 2.99. The largest absolute Gasteiger partial charge is 0.416 e. The summed E-state index contributed by atoms with van der Waals surface area (Å²) in [6, 6.07) is 4.93. The molecule has 0 saturated carbocycles. The van der Waals surface area contributed by atoms with Crippen molar-refractivity contribution in [2.24, 2.45) is 5.92 Å². The number of anilines is 2. The third-order valence-corrected chi connectivity index (χ3v) is 4.91. The number of piperidine rings is 1. The second kappa shape index (κ2) is 9.10. The molecule has 1 saturated heterocycles. The molecular weight excluding hydrogens is 399 g/mol. The average Bonchev–Trinajstić information content (AvgIpc) is 2.72. The van der Waals surface area contributed by atoms with Crippen molar-refractivity contribution in [1.29, 1.82) is 0 Å². The van der Waals surface area contributed by atoms with Gasteiger partial charge in [-0.05, 0) is 30.5 Å². The third-order valence-electron chi connectivity index (χ3n) is 4.91. The lowest BCUT2D eigenvalue weighted by Crippen LogP contribution is -2.40. The Morgan fingerprint density at radius 1 is 1.23 bits per heavy atom. The minimum Gasteiger partial charge on any atom is -0.367 e. The van der Waals surface area contributed by atoms with Crippen molar-refractivity contribution in [3.8, 4) is 0 Å². The number of rotatable bonds is 5. The van der Waals surface area contributed by atoms with E-state index >= 15 is 0 Å². The van der Waals surface area contributed by atoms with E-state index in [1.54, 1.807) is 12.3 Å². The van der Waals surface area contributed by atoms with Gasteiger partial charge in [0.05, 0.1) is 17.4 Å². The summed E-state index contributed by atoms with van der Waals surface area (Å²) in [5.74, 6) is -0.233. The highest BCUT2D eigenvalue weighted by molar-refractivity contribution is 5.91. The zero-order chi connectivity index (χ0) is 21.7. The number of aromatic nitrogens is 2.